The second kappa shape index (κ2) is 6.80. The molecule has 98 valence electrons. The minimum atomic E-state index is -0.214. The van der Waals surface area contributed by atoms with Crippen LogP contribution in [0.5, 0.6) is 0 Å². The quantitative estimate of drug-likeness (QED) is 0.574. The van der Waals surface area contributed by atoms with E-state index in [4.69, 9.17) is 0 Å². The smallest absolute Gasteiger partial charge is 0.0379 e. The van der Waals surface area contributed by atoms with Gasteiger partial charge in [0.25, 0.3) is 0 Å². The Bertz CT molecular complexity index is 385. The summed E-state index contributed by atoms with van der Waals surface area (Å²) in [6.45, 7) is 2.11. The molecule has 1 N–H and O–H groups in total. The van der Waals surface area contributed by atoms with Crippen LogP contribution < -0.4 is 0 Å². The monoisotopic (exact) mass is 270 g/mol. The predicted octanol–water partition coefficient (Wildman–Crippen LogP) is 3.42. The molecule has 2 aromatic rings. The maximum absolute atomic E-state index is 9.72. The first-order valence-corrected chi connectivity index (χ1v) is 5.88. The molecular formula is C15H18FeO-6. The Morgan fingerprint density at radius 1 is 1.24 bits per heavy atom. The zero-order chi connectivity index (χ0) is 11.4. The summed E-state index contributed by atoms with van der Waals surface area (Å²) in [6.07, 6.45) is 2.05. The maximum Gasteiger partial charge on any atom is 0.0379 e. The van der Waals surface area contributed by atoms with E-state index < -0.39 is 0 Å². The van der Waals surface area contributed by atoms with Crippen molar-refractivity contribution in [3.8, 4) is 0 Å². The van der Waals surface area contributed by atoms with Gasteiger partial charge in [-0.2, -0.15) is 11.6 Å². The van der Waals surface area contributed by atoms with E-state index in [9.17, 15) is 5.11 Å². The Kier molecular flexibility index (Phi) is 5.70. The van der Waals surface area contributed by atoms with E-state index in [1.54, 1.807) is 0 Å². The maximum atomic E-state index is 9.72. The van der Waals surface area contributed by atoms with Crippen LogP contribution >= 0.6 is 0 Å². The summed E-state index contributed by atoms with van der Waals surface area (Å²) in [7, 11) is 0. The number of hydrogen-bond donors (Lipinski definition) is 1. The topological polar surface area (TPSA) is 20.2 Å². The third-order valence-corrected chi connectivity index (χ3v) is 3.23. The normalized spacial score (nSPS) is 21.8. The predicted molar refractivity (Wildman–Crippen MR) is 66.5 cm³/mol. The molecule has 1 aliphatic rings. The van der Waals surface area contributed by atoms with Crippen LogP contribution in [0.1, 0.15) is 30.6 Å². The average Bonchev–Trinajstić information content (AvgIpc) is 2.96. The molecule has 17 heavy (non-hydrogen) atoms. The molecular weight excluding hydrogens is 252 g/mol. The molecule has 0 fully saturated rings. The third kappa shape index (κ3) is 3.57. The van der Waals surface area contributed by atoms with Crippen LogP contribution in [0, 0.1) is 5.92 Å². The number of rotatable bonds is 0. The molecule has 0 radical (unpaired) electrons. The molecule has 0 aromatic heterocycles. The van der Waals surface area contributed by atoms with Gasteiger partial charge in [0.2, 0.25) is 0 Å². The minimum Gasteiger partial charge on any atom is -0.748 e. The zero-order valence-corrected chi connectivity index (χ0v) is 11.1. The second-order valence-electron chi connectivity index (χ2n) is 4.43. The summed E-state index contributed by atoms with van der Waals surface area (Å²) in [6, 6.07) is 16.2. The van der Waals surface area contributed by atoms with Gasteiger partial charge in [-0.15, -0.1) is 5.56 Å². The van der Waals surface area contributed by atoms with E-state index in [2.05, 4.69) is 13.0 Å². The summed E-state index contributed by atoms with van der Waals surface area (Å²) in [4.78, 5) is 0. The van der Waals surface area contributed by atoms with Crippen molar-refractivity contribution in [1.82, 2.24) is 0 Å². The first-order valence-electron chi connectivity index (χ1n) is 5.88. The van der Waals surface area contributed by atoms with Crippen LogP contribution in [-0.4, -0.2) is 5.11 Å². The van der Waals surface area contributed by atoms with Crippen LogP contribution in [0.15, 0.2) is 48.5 Å². The van der Waals surface area contributed by atoms with Crippen LogP contribution in [0.25, 0.3) is 0 Å². The van der Waals surface area contributed by atoms with E-state index in [1.807, 2.05) is 42.5 Å². The van der Waals surface area contributed by atoms with Gasteiger partial charge >= 0.3 is 0 Å². The molecule has 0 heterocycles. The average molecular weight is 270 g/mol. The fraction of sp³-hybridized carbons (Fsp3) is 0.333. The first kappa shape index (κ1) is 14.2. The van der Waals surface area contributed by atoms with Gasteiger partial charge in [0.15, 0.2) is 0 Å². The molecule has 2 aromatic carbocycles. The molecule has 2 heteroatoms. The Labute approximate surface area is 114 Å². The van der Waals surface area contributed by atoms with E-state index in [1.165, 1.54) is 5.56 Å². The van der Waals surface area contributed by atoms with Crippen molar-refractivity contribution in [2.24, 2.45) is 5.92 Å². The summed E-state index contributed by atoms with van der Waals surface area (Å²) < 4.78 is 0. The Balaban J connectivity index is 0.000000205. The zero-order valence-electron chi connectivity index (χ0n) is 9.99. The largest absolute Gasteiger partial charge is 0.748 e. The van der Waals surface area contributed by atoms with E-state index in [0.29, 0.717) is 5.92 Å². The number of hydrogen-bond acceptors (Lipinski definition) is 1. The number of fused-ring (bicyclic) bond motifs is 1. The van der Waals surface area contributed by atoms with Gasteiger partial charge in [-0.3, -0.25) is 0 Å². The van der Waals surface area contributed by atoms with Crippen molar-refractivity contribution in [3.05, 3.63) is 59.7 Å². The van der Waals surface area contributed by atoms with E-state index in [0.717, 1.165) is 18.4 Å². The Morgan fingerprint density at radius 3 is 2.41 bits per heavy atom. The second-order valence-corrected chi connectivity index (χ2v) is 4.43. The first-order chi connectivity index (χ1) is 7.79. The number of aliphatic hydroxyl groups is 1. The van der Waals surface area contributed by atoms with Gasteiger partial charge in [-0.05, 0) is 12.3 Å². The SMILES string of the molecule is CC1CCc2ccc[c-]2C1O.[Fe].[cH-]1[cH-][cH-][cH-][cH-]1. The molecule has 2 unspecified atom stereocenters. The molecule has 0 amide bonds. The molecule has 1 aliphatic carbocycles. The van der Waals surface area contributed by atoms with Crippen molar-refractivity contribution in [3.63, 3.8) is 0 Å². The van der Waals surface area contributed by atoms with Gasteiger partial charge < -0.3 is 35.4 Å². The van der Waals surface area contributed by atoms with Crippen molar-refractivity contribution >= 4 is 0 Å². The summed E-state index contributed by atoms with van der Waals surface area (Å²) in [5.74, 6) is 0.435. The number of aryl methyl sites for hydroxylation is 1. The standard InChI is InChI=1S/C10H13O.C5H5.Fe/c1-7-5-6-8-3-2-4-9(8)10(7)11;1-2-4-5-3-1;/h2-4,7,10-11H,5-6H2,1H3;1-5H;/q-1;-5;. The fourth-order valence-electron chi connectivity index (χ4n) is 2.16. The summed E-state index contributed by atoms with van der Waals surface area (Å²) in [5.41, 5.74) is 2.50. The fourth-order valence-corrected chi connectivity index (χ4v) is 2.16. The van der Waals surface area contributed by atoms with Crippen molar-refractivity contribution in [1.29, 1.82) is 0 Å². The molecule has 0 spiro atoms. The summed E-state index contributed by atoms with van der Waals surface area (Å²) in [5, 5.41) is 9.72. The molecule has 0 aliphatic heterocycles. The van der Waals surface area contributed by atoms with Crippen LogP contribution in [0.3, 0.4) is 0 Å². The Morgan fingerprint density at radius 2 is 1.82 bits per heavy atom. The van der Waals surface area contributed by atoms with Gasteiger partial charge in [0, 0.05) is 23.2 Å². The molecule has 2 atom stereocenters. The van der Waals surface area contributed by atoms with Crippen molar-refractivity contribution < 1.29 is 22.2 Å². The van der Waals surface area contributed by atoms with Gasteiger partial charge in [-0.25, -0.2) is 12.1 Å². The number of aliphatic hydroxyl groups excluding tert-OH is 1. The molecule has 0 saturated carbocycles. The summed E-state index contributed by atoms with van der Waals surface area (Å²) >= 11 is 0. The van der Waals surface area contributed by atoms with Gasteiger partial charge in [-0.1, -0.05) is 13.3 Å². The minimum absolute atomic E-state index is 0. The van der Waals surface area contributed by atoms with Crippen LogP contribution in [0.2, 0.25) is 0 Å². The molecule has 0 saturated heterocycles. The third-order valence-electron chi connectivity index (χ3n) is 3.23. The van der Waals surface area contributed by atoms with Crippen LogP contribution in [-0.2, 0) is 23.5 Å². The molecule has 0 bridgehead atoms. The van der Waals surface area contributed by atoms with Crippen LogP contribution in [0.4, 0.5) is 0 Å². The van der Waals surface area contributed by atoms with Crippen molar-refractivity contribution in [2.75, 3.05) is 0 Å². The van der Waals surface area contributed by atoms with Gasteiger partial charge in [0.05, 0.1) is 0 Å². The van der Waals surface area contributed by atoms with Gasteiger partial charge in [0.1, 0.15) is 0 Å². The van der Waals surface area contributed by atoms with E-state index >= 15 is 0 Å². The van der Waals surface area contributed by atoms with E-state index in [-0.39, 0.29) is 23.2 Å². The van der Waals surface area contributed by atoms with Crippen molar-refractivity contribution in [2.45, 2.75) is 25.9 Å². The molecule has 1 nitrogen and oxygen atoms in total. The molecule has 3 rings (SSSR count). The Hall–Kier alpha value is -0.821.